The fourth-order valence-electron chi connectivity index (χ4n) is 1.80. The Hall–Kier alpha value is -0.990. The smallest absolute Gasteiger partial charge is 0.317 e. The van der Waals surface area contributed by atoms with E-state index in [1.807, 2.05) is 11.8 Å². The van der Waals surface area contributed by atoms with E-state index < -0.39 is 0 Å². The van der Waals surface area contributed by atoms with Crippen LogP contribution in [0.5, 0.6) is 0 Å². The zero-order valence-corrected chi connectivity index (χ0v) is 10.3. The van der Waals surface area contributed by atoms with E-state index in [9.17, 15) is 4.79 Å². The molecule has 0 aromatic heterocycles. The predicted octanol–water partition coefficient (Wildman–Crippen LogP) is 2.39. The molecule has 2 amide bonds. The SMILES string of the molecule is CCNC(=O)N1CC=C(C(C)(C)C)CC1. The second kappa shape index (κ2) is 4.69. The molecule has 1 aliphatic heterocycles. The molecule has 0 saturated carbocycles. The largest absolute Gasteiger partial charge is 0.338 e. The molecule has 0 bridgehead atoms. The molecular formula is C12H22N2O. The van der Waals surface area contributed by atoms with E-state index in [0.717, 1.165) is 19.5 Å². The van der Waals surface area contributed by atoms with Crippen molar-refractivity contribution in [2.24, 2.45) is 5.41 Å². The van der Waals surface area contributed by atoms with Gasteiger partial charge in [0.25, 0.3) is 0 Å². The van der Waals surface area contributed by atoms with Gasteiger partial charge >= 0.3 is 6.03 Å². The van der Waals surface area contributed by atoms with Crippen LogP contribution in [0.1, 0.15) is 34.1 Å². The van der Waals surface area contributed by atoms with Crippen molar-refractivity contribution in [3.05, 3.63) is 11.6 Å². The summed E-state index contributed by atoms with van der Waals surface area (Å²) in [7, 11) is 0. The molecule has 0 aliphatic carbocycles. The summed E-state index contributed by atoms with van der Waals surface area (Å²) in [5.41, 5.74) is 1.70. The van der Waals surface area contributed by atoms with Crippen molar-refractivity contribution in [2.75, 3.05) is 19.6 Å². The monoisotopic (exact) mass is 210 g/mol. The molecule has 0 fully saturated rings. The van der Waals surface area contributed by atoms with Crippen LogP contribution in [0.2, 0.25) is 0 Å². The number of carbonyl (C=O) groups excluding carboxylic acids is 1. The van der Waals surface area contributed by atoms with Crippen molar-refractivity contribution < 1.29 is 4.79 Å². The van der Waals surface area contributed by atoms with Crippen molar-refractivity contribution in [1.82, 2.24) is 10.2 Å². The number of hydrogen-bond donors (Lipinski definition) is 1. The molecule has 0 spiro atoms. The van der Waals surface area contributed by atoms with Gasteiger partial charge in [-0.2, -0.15) is 0 Å². The van der Waals surface area contributed by atoms with Gasteiger partial charge in [0.05, 0.1) is 0 Å². The molecule has 1 heterocycles. The molecule has 3 heteroatoms. The fraction of sp³-hybridized carbons (Fsp3) is 0.750. The average molecular weight is 210 g/mol. The topological polar surface area (TPSA) is 32.3 Å². The maximum atomic E-state index is 11.5. The van der Waals surface area contributed by atoms with Gasteiger partial charge in [0, 0.05) is 19.6 Å². The molecule has 1 aliphatic rings. The summed E-state index contributed by atoms with van der Waals surface area (Å²) in [6.07, 6.45) is 3.19. The number of rotatable bonds is 1. The number of carbonyl (C=O) groups is 1. The third kappa shape index (κ3) is 3.26. The molecule has 86 valence electrons. The maximum absolute atomic E-state index is 11.5. The van der Waals surface area contributed by atoms with Crippen LogP contribution in [0.15, 0.2) is 11.6 Å². The molecule has 0 aromatic rings. The fourth-order valence-corrected chi connectivity index (χ4v) is 1.80. The van der Waals surface area contributed by atoms with Gasteiger partial charge in [0.2, 0.25) is 0 Å². The van der Waals surface area contributed by atoms with Gasteiger partial charge in [-0.25, -0.2) is 4.79 Å². The van der Waals surface area contributed by atoms with Gasteiger partial charge in [-0.15, -0.1) is 0 Å². The van der Waals surface area contributed by atoms with E-state index in [-0.39, 0.29) is 11.4 Å². The van der Waals surface area contributed by atoms with Gasteiger partial charge in [-0.1, -0.05) is 32.4 Å². The Bertz CT molecular complexity index is 263. The van der Waals surface area contributed by atoms with E-state index in [2.05, 4.69) is 32.2 Å². The highest BCUT2D eigenvalue weighted by atomic mass is 16.2. The summed E-state index contributed by atoms with van der Waals surface area (Å²) in [6, 6.07) is 0.0571. The molecule has 3 nitrogen and oxygen atoms in total. The lowest BCUT2D eigenvalue weighted by Gasteiger charge is -2.32. The zero-order valence-electron chi connectivity index (χ0n) is 10.3. The summed E-state index contributed by atoms with van der Waals surface area (Å²) in [5.74, 6) is 0. The Morgan fingerprint density at radius 3 is 2.60 bits per heavy atom. The molecule has 15 heavy (non-hydrogen) atoms. The number of amides is 2. The highest BCUT2D eigenvalue weighted by Crippen LogP contribution is 2.29. The predicted molar refractivity (Wildman–Crippen MR) is 62.8 cm³/mol. The highest BCUT2D eigenvalue weighted by molar-refractivity contribution is 5.74. The Morgan fingerprint density at radius 1 is 1.53 bits per heavy atom. The Balaban J connectivity index is 2.54. The van der Waals surface area contributed by atoms with E-state index in [4.69, 9.17) is 0 Å². The zero-order chi connectivity index (χ0) is 11.5. The molecule has 1 N–H and O–H groups in total. The first-order valence-corrected chi connectivity index (χ1v) is 5.67. The molecule has 0 atom stereocenters. The number of urea groups is 1. The van der Waals surface area contributed by atoms with Crippen molar-refractivity contribution in [2.45, 2.75) is 34.1 Å². The van der Waals surface area contributed by atoms with Crippen molar-refractivity contribution in [1.29, 1.82) is 0 Å². The first kappa shape index (κ1) is 12.1. The minimum absolute atomic E-state index is 0.0571. The Labute approximate surface area is 92.5 Å². The second-order valence-electron chi connectivity index (χ2n) is 5.01. The Kier molecular flexibility index (Phi) is 3.77. The third-order valence-electron chi connectivity index (χ3n) is 2.79. The van der Waals surface area contributed by atoms with Gasteiger partial charge in [-0.05, 0) is 18.8 Å². The lowest BCUT2D eigenvalue weighted by Crippen LogP contribution is -2.42. The van der Waals surface area contributed by atoms with Crippen LogP contribution in [-0.4, -0.2) is 30.6 Å². The minimum atomic E-state index is 0.0571. The molecule has 0 saturated heterocycles. The van der Waals surface area contributed by atoms with Crippen LogP contribution in [0.4, 0.5) is 4.79 Å². The number of hydrogen-bond acceptors (Lipinski definition) is 1. The van der Waals surface area contributed by atoms with Gasteiger partial charge in [-0.3, -0.25) is 0 Å². The quantitative estimate of drug-likeness (QED) is 0.662. The van der Waals surface area contributed by atoms with E-state index in [1.165, 1.54) is 5.57 Å². The lowest BCUT2D eigenvalue weighted by molar-refractivity contribution is 0.200. The molecule has 0 aromatic carbocycles. The average Bonchev–Trinajstić information content (AvgIpc) is 2.17. The highest BCUT2D eigenvalue weighted by Gasteiger charge is 2.22. The van der Waals surface area contributed by atoms with Crippen LogP contribution in [-0.2, 0) is 0 Å². The van der Waals surface area contributed by atoms with E-state index >= 15 is 0 Å². The van der Waals surface area contributed by atoms with Crippen molar-refractivity contribution in [3.63, 3.8) is 0 Å². The van der Waals surface area contributed by atoms with Gasteiger partial charge in [0.1, 0.15) is 0 Å². The van der Waals surface area contributed by atoms with Crippen molar-refractivity contribution >= 4 is 6.03 Å². The lowest BCUT2D eigenvalue weighted by atomic mass is 9.83. The van der Waals surface area contributed by atoms with Crippen molar-refractivity contribution in [3.8, 4) is 0 Å². The third-order valence-corrected chi connectivity index (χ3v) is 2.79. The van der Waals surface area contributed by atoms with Crippen LogP contribution in [0.25, 0.3) is 0 Å². The Morgan fingerprint density at radius 2 is 2.20 bits per heavy atom. The summed E-state index contributed by atoms with van der Waals surface area (Å²) >= 11 is 0. The van der Waals surface area contributed by atoms with E-state index in [0.29, 0.717) is 6.54 Å². The number of nitrogens with one attached hydrogen (secondary N) is 1. The normalized spacial score (nSPS) is 17.3. The molecular weight excluding hydrogens is 188 g/mol. The van der Waals surface area contributed by atoms with Gasteiger partial charge < -0.3 is 10.2 Å². The van der Waals surface area contributed by atoms with Crippen LogP contribution in [0.3, 0.4) is 0 Å². The summed E-state index contributed by atoms with van der Waals surface area (Å²) < 4.78 is 0. The first-order valence-electron chi connectivity index (χ1n) is 5.67. The summed E-state index contributed by atoms with van der Waals surface area (Å²) in [4.78, 5) is 13.4. The first-order chi connectivity index (χ1) is 6.95. The summed E-state index contributed by atoms with van der Waals surface area (Å²) in [5, 5.41) is 2.83. The standard InChI is InChI=1S/C12H22N2O/c1-5-13-11(15)14-8-6-10(7-9-14)12(2,3)4/h6H,5,7-9H2,1-4H3,(H,13,15). The van der Waals surface area contributed by atoms with E-state index in [1.54, 1.807) is 0 Å². The molecule has 0 radical (unpaired) electrons. The molecule has 1 rings (SSSR count). The van der Waals surface area contributed by atoms with Crippen LogP contribution in [0, 0.1) is 5.41 Å². The molecule has 0 unspecified atom stereocenters. The number of nitrogens with zero attached hydrogens (tertiary/aromatic N) is 1. The minimum Gasteiger partial charge on any atom is -0.338 e. The summed E-state index contributed by atoms with van der Waals surface area (Å²) in [6.45, 7) is 10.9. The van der Waals surface area contributed by atoms with Crippen LogP contribution < -0.4 is 5.32 Å². The van der Waals surface area contributed by atoms with Crippen LogP contribution >= 0.6 is 0 Å². The maximum Gasteiger partial charge on any atom is 0.317 e. The van der Waals surface area contributed by atoms with Gasteiger partial charge in [0.15, 0.2) is 0 Å². The second-order valence-corrected chi connectivity index (χ2v) is 5.01.